The molecule has 5 rings (SSSR count). The van der Waals surface area contributed by atoms with Crippen molar-refractivity contribution < 1.29 is 0 Å². The van der Waals surface area contributed by atoms with Gasteiger partial charge in [0.25, 0.3) is 0 Å². The number of fused-ring (bicyclic) bond motifs is 2. The van der Waals surface area contributed by atoms with E-state index in [1.807, 2.05) is 18.2 Å². The molecule has 0 saturated heterocycles. The van der Waals surface area contributed by atoms with Crippen LogP contribution in [0, 0.1) is 0 Å². The number of hydrogen-bond acceptors (Lipinski definition) is 4. The number of aromatic nitrogens is 3. The highest BCUT2D eigenvalue weighted by atomic mass is 32.1. The van der Waals surface area contributed by atoms with Crippen LogP contribution < -0.4 is 5.32 Å². The Balaban J connectivity index is 1.45. The molecule has 5 heteroatoms. The van der Waals surface area contributed by atoms with Crippen molar-refractivity contribution in [2.24, 2.45) is 0 Å². The molecule has 144 valence electrons. The van der Waals surface area contributed by atoms with Crippen molar-refractivity contribution >= 4 is 38.3 Å². The van der Waals surface area contributed by atoms with E-state index < -0.39 is 0 Å². The zero-order valence-corrected chi connectivity index (χ0v) is 17.1. The summed E-state index contributed by atoms with van der Waals surface area (Å²) in [6.45, 7) is 3.00. The number of thiophene rings is 1. The molecule has 0 radical (unpaired) electrons. The number of nitrogens with zero attached hydrogens (tertiary/aromatic N) is 2. The third-order valence-electron chi connectivity index (χ3n) is 5.19. The SMILES string of the molecule is CCc1cc2c(NCCc3c[nH]c4ccccc34)nc(-c3ccccc3)nc2s1. The second-order valence-electron chi connectivity index (χ2n) is 7.08. The number of benzene rings is 2. The van der Waals surface area contributed by atoms with Crippen LogP contribution in [0.3, 0.4) is 0 Å². The van der Waals surface area contributed by atoms with E-state index in [-0.39, 0.29) is 0 Å². The Kier molecular flexibility index (Phi) is 4.74. The largest absolute Gasteiger partial charge is 0.369 e. The maximum atomic E-state index is 4.88. The molecule has 3 aromatic heterocycles. The minimum absolute atomic E-state index is 0.775. The fourth-order valence-corrected chi connectivity index (χ4v) is 4.62. The van der Waals surface area contributed by atoms with Crippen LogP contribution in [0.4, 0.5) is 5.82 Å². The van der Waals surface area contributed by atoms with Gasteiger partial charge in [-0.05, 0) is 30.5 Å². The topological polar surface area (TPSA) is 53.6 Å². The van der Waals surface area contributed by atoms with E-state index in [9.17, 15) is 0 Å². The van der Waals surface area contributed by atoms with Gasteiger partial charge < -0.3 is 10.3 Å². The maximum Gasteiger partial charge on any atom is 0.163 e. The number of rotatable bonds is 6. The molecule has 0 spiro atoms. The Labute approximate surface area is 173 Å². The predicted molar refractivity (Wildman–Crippen MR) is 123 cm³/mol. The number of H-pyrrole nitrogens is 1. The number of para-hydroxylation sites is 1. The van der Waals surface area contributed by atoms with Crippen LogP contribution in [-0.4, -0.2) is 21.5 Å². The Hall–Kier alpha value is -3.18. The van der Waals surface area contributed by atoms with Gasteiger partial charge in [0.05, 0.1) is 5.39 Å². The van der Waals surface area contributed by atoms with Crippen LogP contribution in [-0.2, 0) is 12.8 Å². The molecule has 0 unspecified atom stereocenters. The van der Waals surface area contributed by atoms with Crippen LogP contribution in [0.5, 0.6) is 0 Å². The molecule has 0 fully saturated rings. The lowest BCUT2D eigenvalue weighted by molar-refractivity contribution is 1.02. The smallest absolute Gasteiger partial charge is 0.163 e. The Morgan fingerprint density at radius 2 is 1.79 bits per heavy atom. The Bertz CT molecular complexity index is 1270. The molecule has 0 aliphatic heterocycles. The first-order chi connectivity index (χ1) is 14.3. The summed E-state index contributed by atoms with van der Waals surface area (Å²) in [6.07, 6.45) is 4.05. The van der Waals surface area contributed by atoms with Crippen LogP contribution in [0.15, 0.2) is 66.9 Å². The maximum absolute atomic E-state index is 4.88. The monoisotopic (exact) mass is 398 g/mol. The molecule has 5 aromatic rings. The highest BCUT2D eigenvalue weighted by molar-refractivity contribution is 7.18. The molecule has 0 aliphatic carbocycles. The fraction of sp³-hybridized carbons (Fsp3) is 0.167. The molecule has 0 amide bonds. The standard InChI is InChI=1S/C24H22N4S/c1-2-18-14-20-23(25-13-12-17-15-26-21-11-7-6-10-19(17)21)27-22(28-24(20)29-18)16-8-4-3-5-9-16/h3-11,14-15,26H,2,12-13H2,1H3,(H,25,27,28). The molecule has 3 heterocycles. The number of hydrogen-bond donors (Lipinski definition) is 2. The molecule has 0 aliphatic rings. The number of nitrogens with one attached hydrogen (secondary N) is 2. The molecule has 29 heavy (non-hydrogen) atoms. The minimum Gasteiger partial charge on any atom is -0.369 e. The van der Waals surface area contributed by atoms with E-state index in [0.29, 0.717) is 0 Å². The van der Waals surface area contributed by atoms with E-state index in [1.165, 1.54) is 21.3 Å². The number of aryl methyl sites for hydroxylation is 1. The van der Waals surface area contributed by atoms with Crippen LogP contribution in [0.1, 0.15) is 17.4 Å². The van der Waals surface area contributed by atoms with Gasteiger partial charge in [-0.1, -0.05) is 55.5 Å². The van der Waals surface area contributed by atoms with Crippen molar-refractivity contribution in [3.63, 3.8) is 0 Å². The molecule has 0 saturated carbocycles. The summed E-state index contributed by atoms with van der Waals surface area (Å²) in [5.41, 5.74) is 3.55. The van der Waals surface area contributed by atoms with Gasteiger partial charge in [-0.15, -0.1) is 11.3 Å². The van der Waals surface area contributed by atoms with Gasteiger partial charge in [-0.25, -0.2) is 9.97 Å². The summed E-state index contributed by atoms with van der Waals surface area (Å²) in [5.74, 6) is 1.70. The first-order valence-electron chi connectivity index (χ1n) is 9.96. The lowest BCUT2D eigenvalue weighted by Crippen LogP contribution is -2.07. The van der Waals surface area contributed by atoms with Gasteiger partial charge in [-0.2, -0.15) is 0 Å². The molecular weight excluding hydrogens is 376 g/mol. The van der Waals surface area contributed by atoms with Crippen molar-refractivity contribution in [3.8, 4) is 11.4 Å². The summed E-state index contributed by atoms with van der Waals surface area (Å²) < 4.78 is 0. The fourth-order valence-electron chi connectivity index (χ4n) is 3.65. The number of aromatic amines is 1. The lowest BCUT2D eigenvalue weighted by Gasteiger charge is -2.09. The average Bonchev–Trinajstić information content (AvgIpc) is 3.38. The van der Waals surface area contributed by atoms with Gasteiger partial charge in [0, 0.05) is 34.1 Å². The summed E-state index contributed by atoms with van der Waals surface area (Å²) in [7, 11) is 0. The number of anilines is 1. The van der Waals surface area contributed by atoms with Crippen LogP contribution in [0.2, 0.25) is 0 Å². The molecule has 2 aromatic carbocycles. The second-order valence-corrected chi connectivity index (χ2v) is 8.20. The first-order valence-corrected chi connectivity index (χ1v) is 10.8. The molecular formula is C24H22N4S. The van der Waals surface area contributed by atoms with E-state index in [0.717, 1.165) is 46.8 Å². The third kappa shape index (κ3) is 3.49. The predicted octanol–water partition coefficient (Wildman–Crippen LogP) is 6.06. The molecule has 0 bridgehead atoms. The highest BCUT2D eigenvalue weighted by Crippen LogP contribution is 2.31. The molecule has 0 atom stereocenters. The zero-order valence-electron chi connectivity index (χ0n) is 16.3. The van der Waals surface area contributed by atoms with Gasteiger partial charge in [-0.3, -0.25) is 0 Å². The minimum atomic E-state index is 0.775. The van der Waals surface area contributed by atoms with Gasteiger partial charge >= 0.3 is 0 Å². The Morgan fingerprint density at radius 1 is 0.966 bits per heavy atom. The normalized spacial score (nSPS) is 11.3. The van der Waals surface area contributed by atoms with Crippen LogP contribution >= 0.6 is 11.3 Å². The van der Waals surface area contributed by atoms with Crippen LogP contribution in [0.25, 0.3) is 32.5 Å². The lowest BCUT2D eigenvalue weighted by atomic mass is 10.1. The molecule has 2 N–H and O–H groups in total. The van der Waals surface area contributed by atoms with Crippen molar-refractivity contribution in [3.05, 3.63) is 77.3 Å². The van der Waals surface area contributed by atoms with E-state index in [1.54, 1.807) is 11.3 Å². The average molecular weight is 399 g/mol. The molecule has 4 nitrogen and oxygen atoms in total. The van der Waals surface area contributed by atoms with Gasteiger partial charge in [0.2, 0.25) is 0 Å². The van der Waals surface area contributed by atoms with Crippen molar-refractivity contribution in [1.82, 2.24) is 15.0 Å². The van der Waals surface area contributed by atoms with Gasteiger partial charge in [0.1, 0.15) is 10.6 Å². The van der Waals surface area contributed by atoms with Crippen molar-refractivity contribution in [2.45, 2.75) is 19.8 Å². The summed E-state index contributed by atoms with van der Waals surface area (Å²) in [5, 5.41) is 5.98. The highest BCUT2D eigenvalue weighted by Gasteiger charge is 2.13. The first kappa shape index (κ1) is 17.9. The summed E-state index contributed by atoms with van der Waals surface area (Å²) in [4.78, 5) is 15.4. The third-order valence-corrected chi connectivity index (χ3v) is 6.36. The van der Waals surface area contributed by atoms with E-state index in [4.69, 9.17) is 9.97 Å². The quantitative estimate of drug-likeness (QED) is 0.366. The summed E-state index contributed by atoms with van der Waals surface area (Å²) >= 11 is 1.76. The van der Waals surface area contributed by atoms with E-state index in [2.05, 4.69) is 65.9 Å². The second kappa shape index (κ2) is 7.68. The summed E-state index contributed by atoms with van der Waals surface area (Å²) in [6, 6.07) is 20.9. The van der Waals surface area contributed by atoms with Crippen molar-refractivity contribution in [2.75, 3.05) is 11.9 Å². The van der Waals surface area contributed by atoms with Gasteiger partial charge in [0.15, 0.2) is 5.82 Å². The van der Waals surface area contributed by atoms with Crippen molar-refractivity contribution in [1.29, 1.82) is 0 Å². The zero-order chi connectivity index (χ0) is 19.6. The van der Waals surface area contributed by atoms with E-state index >= 15 is 0 Å². The Morgan fingerprint density at radius 3 is 2.66 bits per heavy atom.